The van der Waals surface area contributed by atoms with Crippen LogP contribution < -0.4 is 9.62 Å². The molecule has 0 aliphatic carbocycles. The summed E-state index contributed by atoms with van der Waals surface area (Å²) >= 11 is 6.03. The van der Waals surface area contributed by atoms with E-state index in [-0.39, 0.29) is 5.91 Å². The van der Waals surface area contributed by atoms with E-state index in [1.54, 1.807) is 36.4 Å². The van der Waals surface area contributed by atoms with Gasteiger partial charge in [0.25, 0.3) is 5.91 Å². The first-order valence-electron chi connectivity index (χ1n) is 6.80. The SMILES string of the molecule is Cc1ccc(NC(=O)c2ccc(N(C)S(C)(=O)=O)cc2)cc1Cl. The van der Waals surface area contributed by atoms with Crippen LogP contribution in [0.2, 0.25) is 5.02 Å². The molecule has 2 aromatic carbocycles. The third kappa shape index (κ3) is 4.24. The first kappa shape index (κ1) is 17.3. The lowest BCUT2D eigenvalue weighted by molar-refractivity contribution is 0.102. The van der Waals surface area contributed by atoms with Crippen molar-refractivity contribution in [2.45, 2.75) is 6.92 Å². The molecule has 0 aliphatic rings. The highest BCUT2D eigenvalue weighted by molar-refractivity contribution is 7.92. The minimum atomic E-state index is -3.33. The van der Waals surface area contributed by atoms with E-state index in [2.05, 4.69) is 5.32 Å². The number of hydrogen-bond donors (Lipinski definition) is 1. The number of nitrogens with zero attached hydrogens (tertiary/aromatic N) is 1. The number of nitrogens with one attached hydrogen (secondary N) is 1. The molecule has 2 aromatic rings. The molecule has 122 valence electrons. The zero-order valence-corrected chi connectivity index (χ0v) is 14.6. The summed E-state index contributed by atoms with van der Waals surface area (Å²) in [4.78, 5) is 12.2. The van der Waals surface area contributed by atoms with E-state index in [9.17, 15) is 13.2 Å². The monoisotopic (exact) mass is 352 g/mol. The molecule has 0 fully saturated rings. The van der Waals surface area contributed by atoms with Crippen LogP contribution >= 0.6 is 11.6 Å². The van der Waals surface area contributed by atoms with Crippen LogP contribution in [0.4, 0.5) is 11.4 Å². The fourth-order valence-electron chi connectivity index (χ4n) is 1.89. The number of sulfonamides is 1. The fourth-order valence-corrected chi connectivity index (χ4v) is 2.57. The van der Waals surface area contributed by atoms with Gasteiger partial charge in [0.05, 0.1) is 11.9 Å². The lowest BCUT2D eigenvalue weighted by atomic mass is 10.1. The smallest absolute Gasteiger partial charge is 0.255 e. The normalized spacial score (nSPS) is 11.1. The van der Waals surface area contributed by atoms with Crippen LogP contribution in [0, 0.1) is 6.92 Å². The van der Waals surface area contributed by atoms with Gasteiger partial charge in [-0.25, -0.2) is 8.42 Å². The molecule has 1 N–H and O–H groups in total. The Morgan fingerprint density at radius 1 is 1.13 bits per heavy atom. The maximum Gasteiger partial charge on any atom is 0.255 e. The highest BCUT2D eigenvalue weighted by Crippen LogP contribution is 2.21. The largest absolute Gasteiger partial charge is 0.322 e. The van der Waals surface area contributed by atoms with E-state index < -0.39 is 10.0 Å². The van der Waals surface area contributed by atoms with Gasteiger partial charge in [-0.1, -0.05) is 17.7 Å². The van der Waals surface area contributed by atoms with Crippen molar-refractivity contribution in [1.82, 2.24) is 0 Å². The Hall–Kier alpha value is -2.05. The first-order valence-corrected chi connectivity index (χ1v) is 9.02. The summed E-state index contributed by atoms with van der Waals surface area (Å²) in [5.41, 5.74) is 2.44. The molecule has 0 unspecified atom stereocenters. The van der Waals surface area contributed by atoms with Crippen LogP contribution in [0.15, 0.2) is 42.5 Å². The van der Waals surface area contributed by atoms with Gasteiger partial charge in [0.15, 0.2) is 0 Å². The summed E-state index contributed by atoms with van der Waals surface area (Å²) < 4.78 is 24.1. The van der Waals surface area contributed by atoms with Crippen LogP contribution in [0.5, 0.6) is 0 Å². The first-order chi connectivity index (χ1) is 10.7. The van der Waals surface area contributed by atoms with E-state index in [1.807, 2.05) is 13.0 Å². The average molecular weight is 353 g/mol. The Labute approximate surface area is 140 Å². The highest BCUT2D eigenvalue weighted by atomic mass is 35.5. The van der Waals surface area contributed by atoms with Crippen molar-refractivity contribution in [3.63, 3.8) is 0 Å². The van der Waals surface area contributed by atoms with Gasteiger partial charge >= 0.3 is 0 Å². The Kier molecular flexibility index (Phi) is 4.97. The van der Waals surface area contributed by atoms with Crippen LogP contribution in [0.25, 0.3) is 0 Å². The Balaban J connectivity index is 2.15. The maximum atomic E-state index is 12.2. The number of hydrogen-bond acceptors (Lipinski definition) is 3. The lowest BCUT2D eigenvalue weighted by Crippen LogP contribution is -2.24. The summed E-state index contributed by atoms with van der Waals surface area (Å²) in [5.74, 6) is -0.293. The third-order valence-electron chi connectivity index (χ3n) is 3.42. The molecule has 0 atom stereocenters. The number of benzene rings is 2. The molecule has 0 saturated heterocycles. The molecule has 0 aliphatic heterocycles. The summed E-state index contributed by atoms with van der Waals surface area (Å²) in [7, 11) is -1.87. The van der Waals surface area contributed by atoms with Gasteiger partial charge in [-0.2, -0.15) is 0 Å². The number of carbonyl (C=O) groups is 1. The molecular formula is C16H17ClN2O3S. The standard InChI is InChI=1S/C16H17ClN2O3S/c1-11-4-7-13(10-15(11)17)18-16(20)12-5-8-14(9-6-12)19(2)23(3,21)22/h4-10H,1-3H3,(H,18,20). The van der Waals surface area contributed by atoms with Gasteiger partial charge in [0, 0.05) is 23.3 Å². The quantitative estimate of drug-likeness (QED) is 0.918. The minimum absolute atomic E-state index is 0.293. The second kappa shape index (κ2) is 6.60. The number of carbonyl (C=O) groups excluding carboxylic acids is 1. The number of amides is 1. The molecule has 5 nitrogen and oxygen atoms in total. The molecule has 1 amide bonds. The van der Waals surface area contributed by atoms with E-state index in [4.69, 9.17) is 11.6 Å². The highest BCUT2D eigenvalue weighted by Gasteiger charge is 2.13. The van der Waals surface area contributed by atoms with E-state index >= 15 is 0 Å². The van der Waals surface area contributed by atoms with Gasteiger partial charge in [0.1, 0.15) is 0 Å². The van der Waals surface area contributed by atoms with Crippen LogP contribution in [-0.4, -0.2) is 27.6 Å². The van der Waals surface area contributed by atoms with Crippen LogP contribution in [-0.2, 0) is 10.0 Å². The van der Waals surface area contributed by atoms with Crippen LogP contribution in [0.1, 0.15) is 15.9 Å². The van der Waals surface area contributed by atoms with Crippen molar-refractivity contribution in [2.75, 3.05) is 22.9 Å². The Bertz CT molecular complexity index is 833. The Morgan fingerprint density at radius 2 is 1.74 bits per heavy atom. The van der Waals surface area contributed by atoms with Crippen LogP contribution in [0.3, 0.4) is 0 Å². The molecule has 0 radical (unpaired) electrons. The predicted molar refractivity (Wildman–Crippen MR) is 93.8 cm³/mol. The predicted octanol–water partition coefficient (Wildman–Crippen LogP) is 3.30. The van der Waals surface area contributed by atoms with Crippen molar-refractivity contribution in [3.05, 3.63) is 58.6 Å². The zero-order chi connectivity index (χ0) is 17.2. The van der Waals surface area contributed by atoms with Crippen molar-refractivity contribution in [3.8, 4) is 0 Å². The minimum Gasteiger partial charge on any atom is -0.322 e. The van der Waals surface area contributed by atoms with Gasteiger partial charge in [-0.3, -0.25) is 9.10 Å². The summed E-state index contributed by atoms with van der Waals surface area (Å²) in [6.45, 7) is 1.88. The molecule has 23 heavy (non-hydrogen) atoms. The second-order valence-electron chi connectivity index (χ2n) is 5.20. The number of anilines is 2. The number of aryl methyl sites for hydroxylation is 1. The fraction of sp³-hybridized carbons (Fsp3) is 0.188. The second-order valence-corrected chi connectivity index (χ2v) is 7.62. The molecular weight excluding hydrogens is 336 g/mol. The molecule has 2 rings (SSSR count). The van der Waals surface area contributed by atoms with Gasteiger partial charge in [-0.05, 0) is 48.9 Å². The molecule has 7 heteroatoms. The van der Waals surface area contributed by atoms with E-state index in [0.29, 0.717) is 22.0 Å². The number of halogens is 1. The maximum absolute atomic E-state index is 12.2. The molecule has 0 heterocycles. The van der Waals surface area contributed by atoms with Gasteiger partial charge in [0.2, 0.25) is 10.0 Å². The van der Waals surface area contributed by atoms with Gasteiger partial charge < -0.3 is 5.32 Å². The summed E-state index contributed by atoms with van der Waals surface area (Å²) in [6, 6.07) is 11.6. The lowest BCUT2D eigenvalue weighted by Gasteiger charge is -2.16. The molecule has 0 aromatic heterocycles. The summed E-state index contributed by atoms with van der Waals surface area (Å²) in [5, 5.41) is 3.33. The Morgan fingerprint density at radius 3 is 2.26 bits per heavy atom. The van der Waals surface area contributed by atoms with Crippen molar-refractivity contribution in [2.24, 2.45) is 0 Å². The molecule has 0 bridgehead atoms. The van der Waals surface area contributed by atoms with Crippen molar-refractivity contribution >= 4 is 38.9 Å². The van der Waals surface area contributed by atoms with Crippen molar-refractivity contribution < 1.29 is 13.2 Å². The van der Waals surface area contributed by atoms with Gasteiger partial charge in [-0.15, -0.1) is 0 Å². The third-order valence-corrected chi connectivity index (χ3v) is 5.03. The average Bonchev–Trinajstić information content (AvgIpc) is 2.49. The molecule has 0 saturated carbocycles. The topological polar surface area (TPSA) is 66.5 Å². The molecule has 0 spiro atoms. The zero-order valence-electron chi connectivity index (χ0n) is 13.0. The van der Waals surface area contributed by atoms with E-state index in [1.165, 1.54) is 7.05 Å². The van der Waals surface area contributed by atoms with E-state index in [0.717, 1.165) is 16.1 Å². The summed E-state index contributed by atoms with van der Waals surface area (Å²) in [6.07, 6.45) is 1.12. The van der Waals surface area contributed by atoms with Crippen molar-refractivity contribution in [1.29, 1.82) is 0 Å². The number of rotatable bonds is 4.